The lowest BCUT2D eigenvalue weighted by Crippen LogP contribution is -2.16. The number of hydrogen-bond acceptors (Lipinski definition) is 2. The van der Waals surface area contributed by atoms with Gasteiger partial charge in [-0.2, -0.15) is 0 Å². The van der Waals surface area contributed by atoms with Gasteiger partial charge < -0.3 is 5.73 Å². The second kappa shape index (κ2) is 5.91. The monoisotopic (exact) mass is 329 g/mol. The van der Waals surface area contributed by atoms with E-state index < -0.39 is 0 Å². The predicted molar refractivity (Wildman–Crippen MR) is 103 cm³/mol. The summed E-state index contributed by atoms with van der Waals surface area (Å²) in [5.74, 6) is 0.544. The van der Waals surface area contributed by atoms with E-state index in [0.717, 1.165) is 16.5 Å². The van der Waals surface area contributed by atoms with Gasteiger partial charge in [0.2, 0.25) is 0 Å². The smallest absolute Gasteiger partial charge is 0.154 e. The zero-order valence-corrected chi connectivity index (χ0v) is 13.7. The first kappa shape index (κ1) is 14.6. The number of nitrogens with zero attached hydrogens (tertiary/aromatic N) is 1. The second-order valence-corrected chi connectivity index (χ2v) is 6.57. The molecule has 0 bridgehead atoms. The Balaban J connectivity index is 1.87. The normalized spacial score (nSPS) is 11.9. The standard InChI is InChI=1S/C20H15N3S/c21-19(13-7-2-1-3-8-13)23-20(22)15-10-6-12-17-18(15)14-9-4-5-11-16(14)24-17/h1-12H,(H3,21,22,23). The summed E-state index contributed by atoms with van der Waals surface area (Å²) in [6, 6.07) is 23.8. The van der Waals surface area contributed by atoms with Crippen molar-refractivity contribution in [1.82, 2.24) is 0 Å². The molecule has 4 aromatic rings. The molecule has 0 amide bonds. The molecule has 0 spiro atoms. The van der Waals surface area contributed by atoms with Crippen LogP contribution in [-0.2, 0) is 0 Å². The van der Waals surface area contributed by atoms with E-state index in [-0.39, 0.29) is 5.84 Å². The average molecular weight is 329 g/mol. The Labute approximate surface area is 143 Å². The molecule has 4 heteroatoms. The summed E-state index contributed by atoms with van der Waals surface area (Å²) < 4.78 is 2.41. The molecular formula is C20H15N3S. The van der Waals surface area contributed by atoms with Crippen molar-refractivity contribution in [1.29, 1.82) is 5.41 Å². The van der Waals surface area contributed by atoms with Crippen molar-refractivity contribution in [2.75, 3.05) is 0 Å². The zero-order valence-electron chi connectivity index (χ0n) is 12.9. The molecule has 24 heavy (non-hydrogen) atoms. The largest absolute Gasteiger partial charge is 0.383 e. The molecule has 1 heterocycles. The van der Waals surface area contributed by atoms with Gasteiger partial charge in [0.1, 0.15) is 5.84 Å². The van der Waals surface area contributed by atoms with Gasteiger partial charge in [-0.1, -0.05) is 60.7 Å². The Hall–Kier alpha value is -2.98. The number of aliphatic imine (C=N–C) groups is 1. The fourth-order valence-corrected chi connectivity index (χ4v) is 3.96. The van der Waals surface area contributed by atoms with Gasteiger partial charge in [-0.05, 0) is 12.1 Å². The number of nitrogens with one attached hydrogen (secondary N) is 1. The fourth-order valence-electron chi connectivity index (χ4n) is 2.83. The number of fused-ring (bicyclic) bond motifs is 3. The van der Waals surface area contributed by atoms with Crippen molar-refractivity contribution < 1.29 is 0 Å². The van der Waals surface area contributed by atoms with Gasteiger partial charge >= 0.3 is 0 Å². The first-order valence-corrected chi connectivity index (χ1v) is 8.44. The maximum atomic E-state index is 8.18. The quantitative estimate of drug-likeness (QED) is 0.403. The van der Waals surface area contributed by atoms with Crippen molar-refractivity contribution in [3.8, 4) is 0 Å². The molecule has 0 unspecified atom stereocenters. The molecule has 0 saturated carbocycles. The lowest BCUT2D eigenvalue weighted by molar-refractivity contribution is 1.40. The zero-order chi connectivity index (χ0) is 16.5. The predicted octanol–water partition coefficient (Wildman–Crippen LogP) is 4.79. The maximum Gasteiger partial charge on any atom is 0.154 e. The number of thiophene rings is 1. The van der Waals surface area contributed by atoms with Gasteiger partial charge in [0.25, 0.3) is 0 Å². The molecule has 0 aliphatic rings. The van der Waals surface area contributed by atoms with Gasteiger partial charge in [-0.15, -0.1) is 11.3 Å². The van der Waals surface area contributed by atoms with Crippen LogP contribution in [0.3, 0.4) is 0 Å². The summed E-state index contributed by atoms with van der Waals surface area (Å²) in [7, 11) is 0. The van der Waals surface area contributed by atoms with E-state index in [1.807, 2.05) is 54.6 Å². The molecule has 0 aliphatic heterocycles. The highest BCUT2D eigenvalue weighted by atomic mass is 32.1. The highest BCUT2D eigenvalue weighted by Crippen LogP contribution is 2.35. The Kier molecular flexibility index (Phi) is 3.59. The van der Waals surface area contributed by atoms with Gasteiger partial charge in [-0.3, -0.25) is 5.41 Å². The van der Waals surface area contributed by atoms with E-state index in [4.69, 9.17) is 11.1 Å². The van der Waals surface area contributed by atoms with Crippen LogP contribution in [0, 0.1) is 5.41 Å². The second-order valence-electron chi connectivity index (χ2n) is 5.49. The first-order chi connectivity index (χ1) is 11.7. The number of rotatable bonds is 2. The molecular weight excluding hydrogens is 314 g/mol. The maximum absolute atomic E-state index is 8.18. The van der Waals surface area contributed by atoms with Crippen molar-refractivity contribution in [2.24, 2.45) is 10.7 Å². The van der Waals surface area contributed by atoms with Crippen molar-refractivity contribution in [3.63, 3.8) is 0 Å². The fraction of sp³-hybridized carbons (Fsp3) is 0. The van der Waals surface area contributed by atoms with Crippen molar-refractivity contribution in [2.45, 2.75) is 0 Å². The van der Waals surface area contributed by atoms with Crippen LogP contribution in [0.4, 0.5) is 0 Å². The number of amidine groups is 2. The topological polar surface area (TPSA) is 62.2 Å². The van der Waals surface area contributed by atoms with Gasteiger partial charge in [-0.25, -0.2) is 4.99 Å². The Morgan fingerprint density at radius 1 is 0.833 bits per heavy atom. The molecule has 4 rings (SSSR count). The van der Waals surface area contributed by atoms with Crippen LogP contribution in [0.25, 0.3) is 20.2 Å². The van der Waals surface area contributed by atoms with E-state index in [9.17, 15) is 0 Å². The van der Waals surface area contributed by atoms with E-state index in [2.05, 4.69) is 23.2 Å². The summed E-state index contributed by atoms with van der Waals surface area (Å²) in [5.41, 5.74) is 7.90. The lowest BCUT2D eigenvalue weighted by Gasteiger charge is -2.05. The average Bonchev–Trinajstić information content (AvgIpc) is 3.01. The Morgan fingerprint density at radius 3 is 2.38 bits per heavy atom. The van der Waals surface area contributed by atoms with Crippen LogP contribution >= 0.6 is 11.3 Å². The minimum absolute atomic E-state index is 0.171. The Bertz CT molecular complexity index is 1080. The molecule has 0 radical (unpaired) electrons. The molecule has 0 fully saturated rings. The Morgan fingerprint density at radius 2 is 1.54 bits per heavy atom. The molecule has 0 saturated heterocycles. The van der Waals surface area contributed by atoms with E-state index in [1.54, 1.807) is 11.3 Å². The van der Waals surface area contributed by atoms with Crippen LogP contribution < -0.4 is 5.73 Å². The van der Waals surface area contributed by atoms with Crippen molar-refractivity contribution in [3.05, 3.63) is 83.9 Å². The highest BCUT2D eigenvalue weighted by molar-refractivity contribution is 7.25. The van der Waals surface area contributed by atoms with Crippen LogP contribution in [0.2, 0.25) is 0 Å². The third kappa shape index (κ3) is 2.47. The van der Waals surface area contributed by atoms with E-state index in [0.29, 0.717) is 5.84 Å². The van der Waals surface area contributed by atoms with E-state index >= 15 is 0 Å². The number of hydrogen-bond donors (Lipinski definition) is 2. The first-order valence-electron chi connectivity index (χ1n) is 7.63. The summed E-state index contributed by atoms with van der Waals surface area (Å²) in [5, 5.41) is 10.5. The number of benzene rings is 3. The summed E-state index contributed by atoms with van der Waals surface area (Å²) in [6.07, 6.45) is 0. The van der Waals surface area contributed by atoms with Crippen molar-refractivity contribution >= 4 is 43.2 Å². The summed E-state index contributed by atoms with van der Waals surface area (Å²) in [4.78, 5) is 4.34. The summed E-state index contributed by atoms with van der Waals surface area (Å²) in [6.45, 7) is 0. The third-order valence-electron chi connectivity index (χ3n) is 3.96. The summed E-state index contributed by atoms with van der Waals surface area (Å²) >= 11 is 1.74. The minimum Gasteiger partial charge on any atom is -0.383 e. The molecule has 0 atom stereocenters. The molecule has 1 aromatic heterocycles. The van der Waals surface area contributed by atoms with Gasteiger partial charge in [0.05, 0.1) is 0 Å². The molecule has 0 aliphatic carbocycles. The number of nitrogens with two attached hydrogens (primary N) is 1. The SMILES string of the molecule is N=C(N=C(N)c1cccc2sc3ccccc3c12)c1ccccc1. The third-order valence-corrected chi connectivity index (χ3v) is 5.09. The van der Waals surface area contributed by atoms with Crippen LogP contribution in [0.5, 0.6) is 0 Å². The minimum atomic E-state index is 0.171. The molecule has 116 valence electrons. The van der Waals surface area contributed by atoms with E-state index in [1.165, 1.54) is 14.8 Å². The lowest BCUT2D eigenvalue weighted by atomic mass is 10.1. The van der Waals surface area contributed by atoms with Gasteiger partial charge in [0.15, 0.2) is 5.84 Å². The highest BCUT2D eigenvalue weighted by Gasteiger charge is 2.12. The molecule has 3 N–H and O–H groups in total. The molecule has 3 aromatic carbocycles. The molecule has 3 nitrogen and oxygen atoms in total. The van der Waals surface area contributed by atoms with Crippen LogP contribution in [0.1, 0.15) is 11.1 Å². The van der Waals surface area contributed by atoms with Gasteiger partial charge in [0, 0.05) is 31.3 Å². The van der Waals surface area contributed by atoms with Crippen LogP contribution in [0.15, 0.2) is 77.8 Å². The van der Waals surface area contributed by atoms with Crippen LogP contribution in [-0.4, -0.2) is 11.7 Å².